The van der Waals surface area contributed by atoms with Gasteiger partial charge in [-0.25, -0.2) is 28.1 Å². The van der Waals surface area contributed by atoms with E-state index in [1.807, 2.05) is 161 Å². The van der Waals surface area contributed by atoms with E-state index >= 15 is 0 Å². The van der Waals surface area contributed by atoms with Crippen molar-refractivity contribution in [3.8, 4) is 17.2 Å². The summed E-state index contributed by atoms with van der Waals surface area (Å²) in [6, 6.07) is 11.0. The zero-order chi connectivity index (χ0) is 43.8. The summed E-state index contributed by atoms with van der Waals surface area (Å²) in [5.41, 5.74) is 1.06. The van der Waals surface area contributed by atoms with Gasteiger partial charge < -0.3 is 15.3 Å². The highest BCUT2D eigenvalue weighted by atomic mass is 16.3. The maximum absolute atomic E-state index is 14.7. The molecule has 3 aromatic carbocycles. The second-order valence-electron chi connectivity index (χ2n) is 22.2. The Morgan fingerprint density at radius 3 is 0.614 bits per heavy atom. The second-order valence-corrected chi connectivity index (χ2v) is 22.2. The second kappa shape index (κ2) is 14.7. The monoisotopic (exact) mass is 790 g/mol. The van der Waals surface area contributed by atoms with Crippen molar-refractivity contribution in [3.63, 3.8) is 0 Å². The Morgan fingerprint density at radius 1 is 0.351 bits per heavy atom. The lowest BCUT2D eigenvalue weighted by Crippen LogP contribution is -2.55. The Kier molecular flexibility index (Phi) is 11.6. The normalized spacial score (nSPS) is 13.4. The first-order valence-electron chi connectivity index (χ1n) is 20.1. The van der Waals surface area contributed by atoms with Gasteiger partial charge in [0.2, 0.25) is 0 Å². The van der Waals surface area contributed by atoms with Crippen LogP contribution in [0.3, 0.4) is 0 Å². The van der Waals surface area contributed by atoms with Gasteiger partial charge in [0.05, 0.1) is 19.6 Å². The number of aromatic nitrogens is 3. The largest absolute Gasteiger partial charge is 0.507 e. The molecule has 0 fully saturated rings. The van der Waals surface area contributed by atoms with E-state index in [-0.39, 0.29) is 41.2 Å². The molecule has 9 nitrogen and oxygen atoms in total. The molecule has 0 amide bonds. The van der Waals surface area contributed by atoms with Gasteiger partial charge >= 0.3 is 17.1 Å². The van der Waals surface area contributed by atoms with Crippen LogP contribution in [0.25, 0.3) is 0 Å². The molecule has 0 unspecified atom stereocenters. The Bertz CT molecular complexity index is 1980. The Hall–Kier alpha value is -4.53. The minimum atomic E-state index is -0.761. The molecule has 0 saturated carbocycles. The van der Waals surface area contributed by atoms with Gasteiger partial charge in [0.15, 0.2) is 0 Å². The molecule has 0 radical (unpaired) electrons. The fourth-order valence-corrected chi connectivity index (χ4v) is 7.42. The van der Waals surface area contributed by atoms with Gasteiger partial charge in [0, 0.05) is 4.28 Å². The minimum Gasteiger partial charge on any atom is -0.507 e. The molecule has 0 spiro atoms. The van der Waals surface area contributed by atoms with Crippen molar-refractivity contribution in [1.29, 1.82) is 0 Å². The fourth-order valence-electron chi connectivity index (χ4n) is 7.42. The van der Waals surface area contributed by atoms with Crippen LogP contribution in [0.5, 0.6) is 17.2 Å². The van der Waals surface area contributed by atoms with Gasteiger partial charge in [-0.3, -0.25) is 0 Å². The fraction of sp³-hybridized carbons (Fsp3) is 0.562. The lowest BCUT2D eigenvalue weighted by molar-refractivity contribution is 0.421. The molecule has 9 heteroatoms. The number of hydrogen-bond acceptors (Lipinski definition) is 6. The molecule has 0 aliphatic rings. The van der Waals surface area contributed by atoms with Crippen LogP contribution < -0.4 is 17.1 Å². The number of nitrogens with zero attached hydrogens (tertiary/aromatic N) is 3. The summed E-state index contributed by atoms with van der Waals surface area (Å²) < 4.78 is 3.33. The zero-order valence-electron chi connectivity index (χ0n) is 38.0. The van der Waals surface area contributed by atoms with E-state index in [4.69, 9.17) is 0 Å². The molecule has 0 aliphatic carbocycles. The highest BCUT2D eigenvalue weighted by molar-refractivity contribution is 5.52. The summed E-state index contributed by atoms with van der Waals surface area (Å²) in [4.78, 5) is 44.0. The molecule has 57 heavy (non-hydrogen) atoms. The van der Waals surface area contributed by atoms with Gasteiger partial charge in [0.25, 0.3) is 0 Å². The summed E-state index contributed by atoms with van der Waals surface area (Å²) in [7, 11) is 0. The Morgan fingerprint density at radius 2 is 0.491 bits per heavy atom. The lowest BCUT2D eigenvalue weighted by Gasteiger charge is -2.29. The topological polar surface area (TPSA) is 127 Å². The summed E-state index contributed by atoms with van der Waals surface area (Å²) >= 11 is 0. The highest BCUT2D eigenvalue weighted by Gasteiger charge is 2.31. The number of aromatic hydroxyl groups is 3. The summed E-state index contributed by atoms with van der Waals surface area (Å²) in [6.07, 6.45) is 0. The number of phenols is 3. The first kappa shape index (κ1) is 45.2. The molecule has 0 bridgehead atoms. The van der Waals surface area contributed by atoms with Crippen LogP contribution in [0.4, 0.5) is 0 Å². The SMILES string of the molecule is CC(C)(C)c1cc(Cn2c(=O)n(Cc3cc(C(C)(C)C)c(O)c(C(C)(C)C)c3)c(=O)n(Cc3cc(C(C)(C)C)c(O)c(C(C)(C)C)c3)c2=O)cc(C(C)(C)C)c1O.[HH].[HH].[HH]. The summed E-state index contributed by atoms with van der Waals surface area (Å²) in [5, 5.41) is 34.4. The third-order valence-electron chi connectivity index (χ3n) is 10.8. The molecule has 1 aromatic heterocycles. The van der Waals surface area contributed by atoms with Crippen LogP contribution in [-0.2, 0) is 52.1 Å². The standard InChI is InChI=1S/C48H69N3O6.3H2/c1-43(2,3)31-19-28(20-32(37(31)52)44(4,5)6)25-49-40(55)50(26-29-21-33(45(7,8)9)38(53)34(22-29)46(10,11)12)42(57)51(41(49)56)27-30-23-35(47(13,14)15)39(54)36(24-30)48(16,17)18;;;/h19-24,52-54H,25-27H2,1-18H3;3*1H. The van der Waals surface area contributed by atoms with E-state index in [2.05, 4.69) is 0 Å². The average molecular weight is 790 g/mol. The third kappa shape index (κ3) is 9.45. The van der Waals surface area contributed by atoms with Crippen molar-refractivity contribution in [2.75, 3.05) is 0 Å². The van der Waals surface area contributed by atoms with Gasteiger partial charge in [-0.15, -0.1) is 0 Å². The molecule has 1 heterocycles. The van der Waals surface area contributed by atoms with Crippen molar-refractivity contribution in [1.82, 2.24) is 13.7 Å². The number of hydrogen-bond donors (Lipinski definition) is 3. The molecule has 3 N–H and O–H groups in total. The zero-order valence-corrected chi connectivity index (χ0v) is 38.0. The Labute approximate surface area is 344 Å². The molecule has 4 rings (SSSR count). The average Bonchev–Trinajstić information content (AvgIpc) is 3.02. The Balaban J connectivity index is 0.00000600. The van der Waals surface area contributed by atoms with Crippen molar-refractivity contribution in [3.05, 3.63) is 118 Å². The molecule has 318 valence electrons. The van der Waals surface area contributed by atoms with E-state index in [0.717, 1.165) is 13.7 Å². The van der Waals surface area contributed by atoms with Crippen LogP contribution in [0, 0.1) is 0 Å². The van der Waals surface area contributed by atoms with Crippen molar-refractivity contribution >= 4 is 0 Å². The van der Waals surface area contributed by atoms with Crippen LogP contribution in [0.2, 0.25) is 0 Å². The first-order valence-corrected chi connectivity index (χ1v) is 20.1. The van der Waals surface area contributed by atoms with Crippen LogP contribution in [0.15, 0.2) is 50.8 Å². The first-order chi connectivity index (χ1) is 25.5. The summed E-state index contributed by atoms with van der Waals surface area (Å²) in [5.74, 6) is 0.547. The van der Waals surface area contributed by atoms with E-state index in [0.29, 0.717) is 50.1 Å². The van der Waals surface area contributed by atoms with Crippen molar-refractivity contribution in [2.45, 2.75) is 177 Å². The van der Waals surface area contributed by atoms with E-state index < -0.39 is 49.6 Å². The van der Waals surface area contributed by atoms with Crippen LogP contribution in [0.1, 0.15) is 179 Å². The smallest absolute Gasteiger partial charge is 0.336 e. The van der Waals surface area contributed by atoms with Gasteiger partial charge in [0.1, 0.15) is 17.2 Å². The van der Waals surface area contributed by atoms with E-state index in [1.54, 1.807) is 0 Å². The number of phenolic OH excluding ortho intramolecular Hbond substituents is 3. The highest BCUT2D eigenvalue weighted by Crippen LogP contribution is 2.42. The van der Waals surface area contributed by atoms with Crippen LogP contribution >= 0.6 is 0 Å². The van der Waals surface area contributed by atoms with Crippen LogP contribution in [-0.4, -0.2) is 29.0 Å². The molecular formula is C48H75N3O6. The predicted octanol–water partition coefficient (Wildman–Crippen LogP) is 9.96. The van der Waals surface area contributed by atoms with E-state index in [1.165, 1.54) is 0 Å². The molecule has 0 aliphatic heterocycles. The van der Waals surface area contributed by atoms with Gasteiger partial charge in [-0.05, 0) is 119 Å². The number of rotatable bonds is 6. The molecule has 4 aromatic rings. The van der Waals surface area contributed by atoms with Gasteiger partial charge in [-0.1, -0.05) is 125 Å². The predicted molar refractivity (Wildman–Crippen MR) is 239 cm³/mol. The van der Waals surface area contributed by atoms with Gasteiger partial charge in [-0.2, -0.15) is 0 Å². The molecule has 0 atom stereocenters. The van der Waals surface area contributed by atoms with Crippen molar-refractivity contribution < 1.29 is 19.6 Å². The third-order valence-corrected chi connectivity index (χ3v) is 10.8. The quantitative estimate of drug-likeness (QED) is 0.179. The number of benzene rings is 3. The molecule has 0 saturated heterocycles. The minimum absolute atomic E-state index is 0. The lowest BCUT2D eigenvalue weighted by atomic mass is 9.78. The van der Waals surface area contributed by atoms with E-state index in [9.17, 15) is 29.7 Å². The summed E-state index contributed by atoms with van der Waals surface area (Å²) in [6.45, 7) is 35.6. The van der Waals surface area contributed by atoms with Crippen molar-refractivity contribution in [2.24, 2.45) is 0 Å². The molecular weight excluding hydrogens is 715 g/mol. The maximum Gasteiger partial charge on any atom is 0.336 e. The maximum atomic E-state index is 14.7.